The Bertz CT molecular complexity index is 71.0. The van der Waals surface area contributed by atoms with Crippen LogP contribution in [0.15, 0.2) is 0 Å². The zero-order valence-corrected chi connectivity index (χ0v) is 8.28. The third-order valence-corrected chi connectivity index (χ3v) is 0. The van der Waals surface area contributed by atoms with Crippen LogP contribution in [-0.4, -0.2) is 8.64 Å². The predicted molar refractivity (Wildman–Crippen MR) is 55.7 cm³/mol. The van der Waals surface area contributed by atoms with E-state index in [1.54, 1.807) is 0 Å². The van der Waals surface area contributed by atoms with Crippen LogP contribution in [0.2, 0.25) is 0 Å². The maximum Gasteiger partial charge on any atom is 2.00 e. The van der Waals surface area contributed by atoms with Crippen LogP contribution in [0.3, 0.4) is 0 Å². The van der Waals surface area contributed by atoms with E-state index in [0.29, 0.717) is 0 Å². The van der Waals surface area contributed by atoms with Crippen LogP contribution in [0.25, 0.3) is 0 Å². The number of hydrogen-bond donors (Lipinski definition) is 2. The lowest BCUT2D eigenvalue weighted by atomic mass is 11.5. The van der Waals surface area contributed by atoms with Crippen molar-refractivity contribution in [3.05, 3.63) is 0 Å². The molecule has 0 atom stereocenters. The van der Waals surface area contributed by atoms with Gasteiger partial charge in [0.25, 0.3) is 0 Å². The standard InChI is InChI=1S/2CH3NS2.S/c2*2-1(3)4;/h2*(H3,2,3,4);/q;;+2/p-2. The monoisotopic (exact) mass is 216 g/mol. The molecular formula is C2H4N2S5. The van der Waals surface area contributed by atoms with Gasteiger partial charge in [-0.15, -0.1) is 0 Å². The summed E-state index contributed by atoms with van der Waals surface area (Å²) in [6, 6.07) is 0. The largest absolute Gasteiger partial charge is 2.00 e. The minimum absolute atomic E-state index is 0. The fourth-order valence-corrected chi connectivity index (χ4v) is 0. The van der Waals surface area contributed by atoms with Gasteiger partial charge in [-0.25, -0.2) is 0 Å². The quantitative estimate of drug-likeness (QED) is 0.423. The molecular weight excluding hydrogens is 212 g/mol. The topological polar surface area (TPSA) is 52.0 Å². The molecule has 0 aromatic heterocycles. The van der Waals surface area contributed by atoms with Gasteiger partial charge in [0.05, 0.1) is 0 Å². The third kappa shape index (κ3) is 1140. The molecule has 52 valence electrons. The van der Waals surface area contributed by atoms with E-state index in [4.69, 9.17) is 0 Å². The highest BCUT2D eigenvalue weighted by Gasteiger charge is 2.00. The zero-order valence-electron chi connectivity index (χ0n) is 4.20. The van der Waals surface area contributed by atoms with Crippen molar-refractivity contribution in [2.24, 2.45) is 11.5 Å². The van der Waals surface area contributed by atoms with E-state index in [1.807, 2.05) is 0 Å². The van der Waals surface area contributed by atoms with Gasteiger partial charge >= 0.3 is 13.5 Å². The fourth-order valence-electron chi connectivity index (χ4n) is 0. The summed E-state index contributed by atoms with van der Waals surface area (Å²) < 4.78 is 0.167. The number of thiocarbonyl (C=S) groups is 2. The van der Waals surface area contributed by atoms with E-state index >= 15 is 0 Å². The molecule has 0 fully saturated rings. The minimum Gasteiger partial charge on any atom is -0.415 e. The van der Waals surface area contributed by atoms with E-state index in [-0.39, 0.29) is 22.1 Å². The van der Waals surface area contributed by atoms with Crippen LogP contribution >= 0.6 is 24.4 Å². The number of hydrogen-bond acceptors (Lipinski definition) is 4. The molecule has 0 bridgehead atoms. The fraction of sp³-hybridized carbons (Fsp3) is 0. The second-order valence-corrected chi connectivity index (χ2v) is 2.91. The van der Waals surface area contributed by atoms with Crippen LogP contribution in [-0.2, 0) is 38.8 Å². The SMILES string of the molecule is NC(=S)[S-].NC(=S)[S-].[S+2]. The Kier molecular flexibility index (Phi) is 20.6. The third-order valence-electron chi connectivity index (χ3n) is 0. The Labute approximate surface area is 83.0 Å². The average molecular weight is 216 g/mol. The van der Waals surface area contributed by atoms with Crippen LogP contribution < -0.4 is 11.5 Å². The Morgan fingerprint density at radius 2 is 1.00 bits per heavy atom. The molecule has 0 spiro atoms. The first-order chi connectivity index (χ1) is 3.46. The maximum atomic E-state index is 4.66. The van der Waals surface area contributed by atoms with Gasteiger partial charge in [-0.1, -0.05) is 8.64 Å². The van der Waals surface area contributed by atoms with Gasteiger partial charge in [-0.3, -0.25) is 0 Å². The highest BCUT2D eigenvalue weighted by Crippen LogP contribution is 1.45. The van der Waals surface area contributed by atoms with Crippen molar-refractivity contribution in [3.8, 4) is 0 Å². The lowest BCUT2D eigenvalue weighted by Gasteiger charge is -1.83. The van der Waals surface area contributed by atoms with Crippen LogP contribution in [0, 0.1) is 0 Å². The smallest absolute Gasteiger partial charge is 0.415 e. The second-order valence-electron chi connectivity index (χ2n) is 0.638. The Balaban J connectivity index is -0.0000000720. The molecule has 0 heterocycles. The highest BCUT2D eigenvalue weighted by atomic mass is 32.1. The molecule has 4 N–H and O–H groups in total. The van der Waals surface area contributed by atoms with Crippen molar-refractivity contribution in [2.45, 2.75) is 0 Å². The Morgan fingerprint density at radius 1 is 1.00 bits per heavy atom. The number of rotatable bonds is 0. The molecule has 0 aliphatic heterocycles. The van der Waals surface area contributed by atoms with Crippen molar-refractivity contribution in [3.63, 3.8) is 0 Å². The maximum absolute atomic E-state index is 4.66. The molecule has 9 heavy (non-hydrogen) atoms. The molecule has 0 aromatic rings. The van der Waals surface area contributed by atoms with Crippen molar-refractivity contribution < 1.29 is 0 Å². The van der Waals surface area contributed by atoms with E-state index in [2.05, 4.69) is 61.2 Å². The number of nitrogens with two attached hydrogens (primary N) is 2. The van der Waals surface area contributed by atoms with Gasteiger partial charge in [0, 0.05) is 0 Å². The lowest BCUT2D eigenvalue weighted by Crippen LogP contribution is -1.99. The summed E-state index contributed by atoms with van der Waals surface area (Å²) in [5, 5.41) is 0. The molecule has 0 aliphatic rings. The summed E-state index contributed by atoms with van der Waals surface area (Å²) in [4.78, 5) is 0. The molecule has 4 radical (unpaired) electrons. The zero-order chi connectivity index (χ0) is 7.15. The van der Waals surface area contributed by atoms with Gasteiger partial charge in [0.15, 0.2) is 0 Å². The van der Waals surface area contributed by atoms with Gasteiger partial charge in [0.2, 0.25) is 0 Å². The van der Waals surface area contributed by atoms with E-state index in [0.717, 1.165) is 0 Å². The van der Waals surface area contributed by atoms with E-state index in [1.165, 1.54) is 0 Å². The molecule has 0 aliphatic carbocycles. The first kappa shape index (κ1) is 16.3. The molecule has 0 saturated carbocycles. The van der Waals surface area contributed by atoms with Gasteiger partial charge < -0.3 is 61.2 Å². The molecule has 2 nitrogen and oxygen atoms in total. The summed E-state index contributed by atoms with van der Waals surface area (Å²) in [7, 11) is 0. The van der Waals surface area contributed by atoms with Crippen molar-refractivity contribution in [1.82, 2.24) is 0 Å². The van der Waals surface area contributed by atoms with Crippen molar-refractivity contribution in [2.75, 3.05) is 0 Å². The minimum atomic E-state index is 0. The predicted octanol–water partition coefficient (Wildman–Crippen LogP) is -0.449. The summed E-state index contributed by atoms with van der Waals surface area (Å²) in [6.07, 6.45) is 0. The van der Waals surface area contributed by atoms with Gasteiger partial charge in [-0.2, -0.15) is 0 Å². The summed E-state index contributed by atoms with van der Waals surface area (Å²) in [5.41, 5.74) is 9.31. The molecule has 0 rings (SSSR count). The normalized spacial score (nSPS) is 5.33. The van der Waals surface area contributed by atoms with E-state index in [9.17, 15) is 0 Å². The van der Waals surface area contributed by atoms with Crippen LogP contribution in [0.5, 0.6) is 0 Å². The Morgan fingerprint density at radius 3 is 1.00 bits per heavy atom. The molecule has 0 aromatic carbocycles. The second kappa shape index (κ2) is 11.4. The summed E-state index contributed by atoms with van der Waals surface area (Å²) in [5.74, 6) is 0. The molecule has 0 saturated heterocycles. The lowest BCUT2D eigenvalue weighted by molar-refractivity contribution is 1.91. The van der Waals surface area contributed by atoms with Crippen molar-refractivity contribution in [1.29, 1.82) is 0 Å². The Hall–Kier alpha value is 0.570. The van der Waals surface area contributed by atoms with Crippen LogP contribution in [0.4, 0.5) is 0 Å². The molecule has 0 amide bonds. The van der Waals surface area contributed by atoms with Gasteiger partial charge in [0.1, 0.15) is 0 Å². The average Bonchev–Trinajstić information content (AvgIpc) is 1.25. The van der Waals surface area contributed by atoms with Crippen LogP contribution in [0.1, 0.15) is 0 Å². The van der Waals surface area contributed by atoms with Crippen molar-refractivity contribution >= 4 is 71.8 Å². The molecule has 0 unspecified atom stereocenters. The molecule has 7 heteroatoms. The first-order valence-corrected chi connectivity index (χ1v) is 3.03. The highest BCUT2D eigenvalue weighted by molar-refractivity contribution is 8.00. The summed E-state index contributed by atoms with van der Waals surface area (Å²) in [6.45, 7) is 0. The van der Waals surface area contributed by atoms with Gasteiger partial charge in [-0.05, 0) is 0 Å². The summed E-state index contributed by atoms with van der Waals surface area (Å²) >= 11 is 16.5. The first-order valence-electron chi connectivity index (χ1n) is 1.39. The van der Waals surface area contributed by atoms with E-state index < -0.39 is 0 Å².